The minimum atomic E-state index is -0.861. The number of amides is 1. The largest absolute Gasteiger partial charge is 0.495 e. The van der Waals surface area contributed by atoms with Crippen LogP contribution in [-0.2, 0) is 9.53 Å². The maximum atomic E-state index is 12.4. The normalized spacial score (nSPS) is 13.9. The standard InChI is InChI=1S/C15H22ClNO3/c1-10(2)9-15(3,20-5)14(18)17-11-6-7-13(19-4)12(16)8-11/h6-8,10H,9H2,1-5H3,(H,17,18)/t15-/m1/s1. The number of hydrogen-bond donors (Lipinski definition) is 1. The van der Waals surface area contributed by atoms with Gasteiger partial charge in [0.1, 0.15) is 11.4 Å². The Bertz CT molecular complexity index is 476. The summed E-state index contributed by atoms with van der Waals surface area (Å²) in [5.41, 5.74) is -0.242. The first-order chi connectivity index (χ1) is 9.32. The van der Waals surface area contributed by atoms with Crippen LogP contribution in [0.3, 0.4) is 0 Å². The minimum absolute atomic E-state index is 0.185. The van der Waals surface area contributed by atoms with Gasteiger partial charge in [0.05, 0.1) is 12.1 Å². The highest BCUT2D eigenvalue weighted by molar-refractivity contribution is 6.32. The van der Waals surface area contributed by atoms with Gasteiger partial charge in [-0.1, -0.05) is 25.4 Å². The molecule has 0 unspecified atom stereocenters. The van der Waals surface area contributed by atoms with E-state index in [1.165, 1.54) is 0 Å². The first-order valence-corrected chi connectivity index (χ1v) is 6.90. The molecule has 0 radical (unpaired) electrons. The second kappa shape index (κ2) is 6.95. The molecule has 0 fully saturated rings. The van der Waals surface area contributed by atoms with Crippen LogP contribution in [0.15, 0.2) is 18.2 Å². The molecule has 0 saturated carbocycles. The van der Waals surface area contributed by atoms with Crippen molar-refractivity contribution in [2.45, 2.75) is 32.8 Å². The van der Waals surface area contributed by atoms with Gasteiger partial charge in [0.25, 0.3) is 5.91 Å². The lowest BCUT2D eigenvalue weighted by Gasteiger charge is -2.28. The van der Waals surface area contributed by atoms with Crippen molar-refractivity contribution in [2.24, 2.45) is 5.92 Å². The van der Waals surface area contributed by atoms with E-state index in [1.54, 1.807) is 39.3 Å². The summed E-state index contributed by atoms with van der Waals surface area (Å²) in [6, 6.07) is 5.11. The summed E-state index contributed by atoms with van der Waals surface area (Å²) in [5.74, 6) is 0.737. The molecule has 0 aliphatic rings. The van der Waals surface area contributed by atoms with Crippen LogP contribution in [0.1, 0.15) is 27.2 Å². The molecule has 0 bridgehead atoms. The smallest absolute Gasteiger partial charge is 0.256 e. The Kier molecular flexibility index (Phi) is 5.84. The fraction of sp³-hybridized carbons (Fsp3) is 0.533. The summed E-state index contributed by atoms with van der Waals surface area (Å²) in [7, 11) is 3.09. The Morgan fingerprint density at radius 3 is 2.50 bits per heavy atom. The molecule has 4 nitrogen and oxygen atoms in total. The number of carbonyl (C=O) groups excluding carboxylic acids is 1. The molecule has 1 atom stereocenters. The van der Waals surface area contributed by atoms with Crippen LogP contribution in [0, 0.1) is 5.92 Å². The highest BCUT2D eigenvalue weighted by Crippen LogP contribution is 2.28. The fourth-order valence-electron chi connectivity index (χ4n) is 2.06. The Labute approximate surface area is 125 Å². The van der Waals surface area contributed by atoms with Crippen LogP contribution in [0.5, 0.6) is 5.75 Å². The van der Waals surface area contributed by atoms with Gasteiger partial charge in [0.2, 0.25) is 0 Å². The molecule has 0 aliphatic heterocycles. The fourth-order valence-corrected chi connectivity index (χ4v) is 2.31. The summed E-state index contributed by atoms with van der Waals surface area (Å²) in [6.45, 7) is 5.89. The molecule has 1 N–H and O–H groups in total. The summed E-state index contributed by atoms with van der Waals surface area (Å²) >= 11 is 6.04. The molecule has 0 spiro atoms. The molecule has 1 aromatic rings. The lowest BCUT2D eigenvalue weighted by Crippen LogP contribution is -2.43. The van der Waals surface area contributed by atoms with Gasteiger partial charge in [-0.3, -0.25) is 4.79 Å². The number of benzene rings is 1. The first kappa shape index (κ1) is 16.8. The minimum Gasteiger partial charge on any atom is -0.495 e. The maximum absolute atomic E-state index is 12.4. The van der Waals surface area contributed by atoms with E-state index in [-0.39, 0.29) is 5.91 Å². The van der Waals surface area contributed by atoms with Crippen LogP contribution in [0.25, 0.3) is 0 Å². The van der Waals surface area contributed by atoms with Crippen LogP contribution in [0.4, 0.5) is 5.69 Å². The highest BCUT2D eigenvalue weighted by Gasteiger charge is 2.33. The third-order valence-electron chi connectivity index (χ3n) is 3.14. The van der Waals surface area contributed by atoms with Crippen molar-refractivity contribution in [2.75, 3.05) is 19.5 Å². The van der Waals surface area contributed by atoms with Gasteiger partial charge >= 0.3 is 0 Å². The van der Waals surface area contributed by atoms with Crippen molar-refractivity contribution in [3.8, 4) is 5.75 Å². The molecular formula is C15H22ClNO3. The van der Waals surface area contributed by atoms with Crippen LogP contribution in [0.2, 0.25) is 5.02 Å². The number of hydrogen-bond acceptors (Lipinski definition) is 3. The zero-order valence-electron chi connectivity index (χ0n) is 12.6. The van der Waals surface area contributed by atoms with Crippen LogP contribution >= 0.6 is 11.6 Å². The summed E-state index contributed by atoms with van der Waals surface area (Å²) in [6.07, 6.45) is 0.638. The molecule has 0 aromatic heterocycles. The van der Waals surface area contributed by atoms with Gasteiger partial charge in [0, 0.05) is 12.8 Å². The molecule has 112 valence electrons. The lowest BCUT2D eigenvalue weighted by molar-refractivity contribution is -0.137. The first-order valence-electron chi connectivity index (χ1n) is 6.52. The molecule has 1 amide bonds. The molecule has 5 heteroatoms. The van der Waals surface area contributed by atoms with E-state index >= 15 is 0 Å². The molecule has 1 aromatic carbocycles. The van der Waals surface area contributed by atoms with Crippen LogP contribution < -0.4 is 10.1 Å². The Morgan fingerprint density at radius 1 is 1.40 bits per heavy atom. The average molecular weight is 300 g/mol. The molecule has 0 aliphatic carbocycles. The van der Waals surface area contributed by atoms with Gasteiger partial charge in [-0.05, 0) is 37.5 Å². The molecule has 20 heavy (non-hydrogen) atoms. The number of ether oxygens (including phenoxy) is 2. The number of carbonyl (C=O) groups is 1. The van der Waals surface area contributed by atoms with E-state index < -0.39 is 5.60 Å². The summed E-state index contributed by atoms with van der Waals surface area (Å²) < 4.78 is 10.5. The molecular weight excluding hydrogens is 278 g/mol. The Hall–Kier alpha value is -1.26. The van der Waals surface area contributed by atoms with Gasteiger partial charge in [-0.25, -0.2) is 0 Å². The number of rotatable bonds is 6. The average Bonchev–Trinajstić information content (AvgIpc) is 2.38. The molecule has 1 rings (SSSR count). The zero-order chi connectivity index (χ0) is 15.3. The second-order valence-corrected chi connectivity index (χ2v) is 5.74. The predicted octanol–water partition coefficient (Wildman–Crippen LogP) is 3.74. The molecule has 0 saturated heterocycles. The SMILES string of the molecule is COc1ccc(NC(=O)[C@@](C)(CC(C)C)OC)cc1Cl. The number of nitrogens with one attached hydrogen (secondary N) is 1. The highest BCUT2D eigenvalue weighted by atomic mass is 35.5. The van der Waals surface area contributed by atoms with Crippen molar-refractivity contribution in [1.82, 2.24) is 0 Å². The van der Waals surface area contributed by atoms with Crippen LogP contribution in [-0.4, -0.2) is 25.7 Å². The Balaban J connectivity index is 2.86. The summed E-state index contributed by atoms with van der Waals surface area (Å²) in [4.78, 5) is 12.4. The topological polar surface area (TPSA) is 47.6 Å². The van der Waals surface area contributed by atoms with Crippen molar-refractivity contribution in [3.63, 3.8) is 0 Å². The van der Waals surface area contributed by atoms with E-state index in [0.29, 0.717) is 28.8 Å². The van der Waals surface area contributed by atoms with Crippen molar-refractivity contribution >= 4 is 23.2 Å². The van der Waals surface area contributed by atoms with E-state index in [9.17, 15) is 4.79 Å². The van der Waals surface area contributed by atoms with Crippen molar-refractivity contribution in [3.05, 3.63) is 23.2 Å². The third kappa shape index (κ3) is 4.12. The van der Waals surface area contributed by atoms with Gasteiger partial charge in [-0.15, -0.1) is 0 Å². The van der Waals surface area contributed by atoms with E-state index in [4.69, 9.17) is 21.1 Å². The Morgan fingerprint density at radius 2 is 2.05 bits per heavy atom. The molecule has 0 heterocycles. The van der Waals surface area contributed by atoms with Crippen molar-refractivity contribution in [1.29, 1.82) is 0 Å². The van der Waals surface area contributed by atoms with E-state index in [2.05, 4.69) is 19.2 Å². The zero-order valence-corrected chi connectivity index (χ0v) is 13.4. The second-order valence-electron chi connectivity index (χ2n) is 5.34. The maximum Gasteiger partial charge on any atom is 0.256 e. The summed E-state index contributed by atoms with van der Waals surface area (Å²) in [5, 5.41) is 3.28. The number of anilines is 1. The quantitative estimate of drug-likeness (QED) is 0.870. The number of methoxy groups -OCH3 is 2. The van der Waals surface area contributed by atoms with Gasteiger partial charge in [-0.2, -0.15) is 0 Å². The third-order valence-corrected chi connectivity index (χ3v) is 3.43. The number of halogens is 1. The predicted molar refractivity (Wildman–Crippen MR) is 81.5 cm³/mol. The van der Waals surface area contributed by atoms with Gasteiger partial charge in [0.15, 0.2) is 0 Å². The van der Waals surface area contributed by atoms with Crippen molar-refractivity contribution < 1.29 is 14.3 Å². The van der Waals surface area contributed by atoms with Gasteiger partial charge < -0.3 is 14.8 Å². The lowest BCUT2D eigenvalue weighted by atomic mass is 9.93. The monoisotopic (exact) mass is 299 g/mol. The van der Waals surface area contributed by atoms with E-state index in [1.807, 2.05) is 0 Å². The van der Waals surface area contributed by atoms with E-state index in [0.717, 1.165) is 0 Å².